The molecule has 0 spiro atoms. The SMILES string of the molecule is CCCCC(CN1CCN2CCOCC2C1)C1CCC1CN1CC(c2ccc(Cl)cc2CCC)COc2ccc(C(=O)N[S+]([O-])C(C)C)cc21. The molecule has 0 aromatic heterocycles. The van der Waals surface area contributed by atoms with Gasteiger partial charge in [0.2, 0.25) is 0 Å². The summed E-state index contributed by atoms with van der Waals surface area (Å²) in [6.07, 6.45) is 8.32. The summed E-state index contributed by atoms with van der Waals surface area (Å²) in [6.45, 7) is 17.9. The zero-order valence-corrected chi connectivity index (χ0v) is 32.3. The van der Waals surface area contributed by atoms with Crippen molar-refractivity contribution in [2.45, 2.75) is 89.9 Å². The lowest BCUT2D eigenvalue weighted by atomic mass is 9.65. The Morgan fingerprint density at radius 1 is 1.06 bits per heavy atom. The number of ether oxygens (including phenoxy) is 2. The number of aryl methyl sites for hydroxylation is 1. The number of morpholine rings is 1. The number of rotatable bonds is 14. The van der Waals surface area contributed by atoms with Gasteiger partial charge >= 0.3 is 0 Å². The van der Waals surface area contributed by atoms with Gasteiger partial charge in [-0.2, -0.15) is 4.72 Å². The molecule has 0 radical (unpaired) electrons. The van der Waals surface area contributed by atoms with E-state index in [1.165, 1.54) is 49.8 Å². The van der Waals surface area contributed by atoms with Crippen LogP contribution in [0.15, 0.2) is 36.4 Å². The minimum Gasteiger partial charge on any atom is -0.593 e. The van der Waals surface area contributed by atoms with E-state index in [0.717, 1.165) is 81.8 Å². The molecule has 3 heterocycles. The predicted octanol–water partition coefficient (Wildman–Crippen LogP) is 6.93. The molecular formula is C40H59ClN4O4S. The lowest BCUT2D eigenvalue weighted by Gasteiger charge is -2.48. The number of carbonyl (C=O) groups excluding carboxylic acids is 1. The van der Waals surface area contributed by atoms with Gasteiger partial charge < -0.3 is 23.8 Å². The van der Waals surface area contributed by atoms with Gasteiger partial charge in [-0.25, -0.2) is 0 Å². The molecule has 8 nitrogen and oxygen atoms in total. The first-order valence-corrected chi connectivity index (χ1v) is 20.9. The third-order valence-corrected chi connectivity index (χ3v) is 13.1. The van der Waals surface area contributed by atoms with Gasteiger partial charge in [-0.3, -0.25) is 9.69 Å². The number of anilines is 1. The van der Waals surface area contributed by atoms with Crippen LogP contribution in [0.2, 0.25) is 5.02 Å². The van der Waals surface area contributed by atoms with E-state index in [4.69, 9.17) is 21.1 Å². The van der Waals surface area contributed by atoms with Gasteiger partial charge in [0, 0.05) is 68.4 Å². The molecule has 1 aliphatic carbocycles. The van der Waals surface area contributed by atoms with Crippen molar-refractivity contribution >= 4 is 34.6 Å². The molecule has 2 saturated heterocycles. The zero-order valence-electron chi connectivity index (χ0n) is 30.7. The number of amides is 1. The first-order chi connectivity index (χ1) is 24.2. The molecule has 2 aromatic carbocycles. The van der Waals surface area contributed by atoms with Gasteiger partial charge in [0.05, 0.1) is 36.9 Å². The summed E-state index contributed by atoms with van der Waals surface area (Å²) in [5.74, 6) is 2.60. The van der Waals surface area contributed by atoms with E-state index in [-0.39, 0.29) is 17.1 Å². The Kier molecular flexibility index (Phi) is 13.3. The monoisotopic (exact) mass is 726 g/mol. The maximum atomic E-state index is 13.3. The highest BCUT2D eigenvalue weighted by Crippen LogP contribution is 2.45. The van der Waals surface area contributed by atoms with Gasteiger partial charge in [0.15, 0.2) is 0 Å². The smallest absolute Gasteiger partial charge is 0.292 e. The van der Waals surface area contributed by atoms with Crippen LogP contribution in [0.3, 0.4) is 0 Å². The Hall–Kier alpha value is -2.01. The molecule has 4 aliphatic rings. The van der Waals surface area contributed by atoms with E-state index in [0.29, 0.717) is 36.0 Å². The first kappa shape index (κ1) is 37.7. The number of piperazine rings is 1. The molecule has 3 aliphatic heterocycles. The maximum Gasteiger partial charge on any atom is 0.292 e. The predicted molar refractivity (Wildman–Crippen MR) is 205 cm³/mol. The summed E-state index contributed by atoms with van der Waals surface area (Å²) in [5.41, 5.74) is 4.07. The Balaban J connectivity index is 1.25. The van der Waals surface area contributed by atoms with E-state index in [1.54, 1.807) is 6.07 Å². The number of carbonyl (C=O) groups is 1. The van der Waals surface area contributed by atoms with Gasteiger partial charge in [-0.1, -0.05) is 50.8 Å². The average Bonchev–Trinajstić information content (AvgIpc) is 3.28. The molecule has 276 valence electrons. The summed E-state index contributed by atoms with van der Waals surface area (Å²) in [5, 5.41) is 0.613. The van der Waals surface area contributed by atoms with Crippen molar-refractivity contribution in [3.63, 3.8) is 0 Å². The van der Waals surface area contributed by atoms with Gasteiger partial charge in [-0.05, 0) is 98.7 Å². The van der Waals surface area contributed by atoms with Crippen LogP contribution in [0.1, 0.15) is 93.6 Å². The minimum absolute atomic E-state index is 0.159. The number of benzene rings is 2. The van der Waals surface area contributed by atoms with Gasteiger partial charge in [0.1, 0.15) is 11.0 Å². The van der Waals surface area contributed by atoms with Crippen LogP contribution >= 0.6 is 11.6 Å². The highest BCUT2D eigenvalue weighted by Gasteiger charge is 2.40. The van der Waals surface area contributed by atoms with Crippen LogP contribution in [0.25, 0.3) is 0 Å². The number of fused-ring (bicyclic) bond motifs is 2. The molecule has 1 N–H and O–H groups in total. The Labute approximate surface area is 308 Å². The lowest BCUT2D eigenvalue weighted by molar-refractivity contribution is -0.0519. The van der Waals surface area contributed by atoms with Crippen molar-refractivity contribution in [2.24, 2.45) is 17.8 Å². The van der Waals surface area contributed by atoms with E-state index in [2.05, 4.69) is 45.4 Å². The summed E-state index contributed by atoms with van der Waals surface area (Å²) >= 11 is 5.05. The number of nitrogens with zero attached hydrogens (tertiary/aromatic N) is 3. The molecule has 1 amide bonds. The fraction of sp³-hybridized carbons (Fsp3) is 0.675. The zero-order chi connectivity index (χ0) is 35.2. The third kappa shape index (κ3) is 9.13. The molecule has 6 rings (SSSR count). The van der Waals surface area contributed by atoms with Crippen molar-refractivity contribution < 1.29 is 18.8 Å². The number of hydrogen-bond acceptors (Lipinski definition) is 7. The maximum absolute atomic E-state index is 13.3. The molecule has 3 fully saturated rings. The van der Waals surface area contributed by atoms with Gasteiger partial charge in [0.25, 0.3) is 5.91 Å². The lowest BCUT2D eigenvalue weighted by Crippen LogP contribution is -2.59. The summed E-state index contributed by atoms with van der Waals surface area (Å²) in [6, 6.07) is 12.6. The van der Waals surface area contributed by atoms with Crippen LogP contribution in [-0.2, 0) is 22.5 Å². The summed E-state index contributed by atoms with van der Waals surface area (Å²) in [4.78, 5) is 21.2. The van der Waals surface area contributed by atoms with Crippen molar-refractivity contribution in [1.82, 2.24) is 14.5 Å². The fourth-order valence-corrected chi connectivity index (χ4v) is 9.39. The third-order valence-electron chi connectivity index (χ3n) is 11.6. The second kappa shape index (κ2) is 17.7. The molecule has 1 saturated carbocycles. The van der Waals surface area contributed by atoms with Crippen LogP contribution in [0.5, 0.6) is 5.75 Å². The number of unbranched alkanes of at least 4 members (excludes halogenated alkanes) is 1. The van der Waals surface area contributed by atoms with E-state index >= 15 is 0 Å². The first-order valence-electron chi connectivity index (χ1n) is 19.3. The second-order valence-corrected chi connectivity index (χ2v) is 17.6. The van der Waals surface area contributed by atoms with Crippen molar-refractivity contribution in [1.29, 1.82) is 0 Å². The molecule has 0 bridgehead atoms. The van der Waals surface area contributed by atoms with Crippen LogP contribution in [0.4, 0.5) is 5.69 Å². The molecular weight excluding hydrogens is 668 g/mol. The summed E-state index contributed by atoms with van der Waals surface area (Å²) in [7, 11) is 0. The molecule has 2 aromatic rings. The molecule has 6 atom stereocenters. The quantitative estimate of drug-likeness (QED) is 0.212. The Morgan fingerprint density at radius 3 is 2.68 bits per heavy atom. The fourth-order valence-electron chi connectivity index (χ4n) is 8.66. The average molecular weight is 727 g/mol. The minimum atomic E-state index is -1.44. The van der Waals surface area contributed by atoms with Crippen molar-refractivity contribution in [3.8, 4) is 5.75 Å². The Morgan fingerprint density at radius 2 is 1.92 bits per heavy atom. The van der Waals surface area contributed by atoms with Gasteiger partial charge in [-0.15, -0.1) is 0 Å². The second-order valence-electron chi connectivity index (χ2n) is 15.4. The Bertz CT molecular complexity index is 1430. The van der Waals surface area contributed by atoms with Crippen LogP contribution in [0, 0.1) is 17.8 Å². The number of hydrogen-bond donors (Lipinski definition) is 1. The van der Waals surface area contributed by atoms with Crippen molar-refractivity contribution in [3.05, 3.63) is 58.1 Å². The normalized spacial score (nSPS) is 25.5. The summed E-state index contributed by atoms with van der Waals surface area (Å²) < 4.78 is 27.7. The van der Waals surface area contributed by atoms with E-state index in [1.807, 2.05) is 32.0 Å². The van der Waals surface area contributed by atoms with E-state index < -0.39 is 11.4 Å². The largest absolute Gasteiger partial charge is 0.593 e. The van der Waals surface area contributed by atoms with Crippen molar-refractivity contribution in [2.75, 3.05) is 70.5 Å². The number of halogens is 1. The van der Waals surface area contributed by atoms with Crippen LogP contribution in [-0.4, -0.2) is 97.2 Å². The number of nitrogens with one attached hydrogen (secondary N) is 1. The standard InChI is InChI=1S/C40H59ClN4O4S/c1-5-7-9-31(22-43-16-17-44-18-19-48-27-35(44)25-43)37-13-10-32(37)23-45-24-33(36-14-12-34(41)20-29(36)8-6-2)26-49-39-15-11-30(21-38(39)45)40(46)42-50(47)28(3)4/h11-12,14-15,20-21,28,31-33,35,37H,5-10,13,16-19,22-27H2,1-4H3,(H,42,46). The topological polar surface area (TPSA) is 80.3 Å². The molecule has 10 heteroatoms. The highest BCUT2D eigenvalue weighted by atomic mass is 35.5. The van der Waals surface area contributed by atoms with Crippen LogP contribution < -0.4 is 14.4 Å². The molecule has 6 unspecified atom stereocenters. The molecule has 50 heavy (non-hydrogen) atoms. The highest BCUT2D eigenvalue weighted by molar-refractivity contribution is 7.90. The van der Waals surface area contributed by atoms with E-state index in [9.17, 15) is 9.35 Å².